The van der Waals surface area contributed by atoms with Crippen LogP contribution in [0.1, 0.15) is 0 Å². The van der Waals surface area contributed by atoms with Crippen molar-refractivity contribution in [3.05, 3.63) is 0 Å². The summed E-state index contributed by atoms with van der Waals surface area (Å²) in [5, 5.41) is 25.2. The van der Waals surface area contributed by atoms with Crippen LogP contribution in [-0.4, -0.2) is 7.32 Å². The molecule has 0 aliphatic carbocycles. The van der Waals surface area contributed by atoms with Gasteiger partial charge in [0, 0.05) is 0 Å². The van der Waals surface area contributed by atoms with E-state index in [0.717, 1.165) is 0 Å². The largest absolute Gasteiger partial charge is 1.00 e. The molecule has 0 atom stereocenters. The molecule has 0 heterocycles. The number of hydrogen-bond donors (Lipinski definition) is 0. The molecule has 0 aliphatic heterocycles. The average molecular weight is 160 g/mol. The Kier molecular flexibility index (Phi) is 472. The molecule has 0 saturated carbocycles. The fourth-order valence-corrected chi connectivity index (χ4v) is 0. The SMILES string of the molecule is F.F.F.F.[Li+].[Li+].[Li+].[O-]B([O-])[O-]. The molecule has 0 aromatic rings. The van der Waals surface area contributed by atoms with E-state index in [1.807, 2.05) is 0 Å². The summed E-state index contributed by atoms with van der Waals surface area (Å²) in [4.78, 5) is 0. The van der Waals surface area contributed by atoms with Crippen molar-refractivity contribution in [1.82, 2.24) is 0 Å². The van der Waals surface area contributed by atoms with Crippen molar-refractivity contribution < 1.29 is 90.5 Å². The fourth-order valence-electron chi connectivity index (χ4n) is 0. The van der Waals surface area contributed by atoms with Crippen LogP contribution in [-0.2, 0) is 0 Å². The number of hydrogen-bond acceptors (Lipinski definition) is 3. The van der Waals surface area contributed by atoms with Crippen LogP contribution in [0.15, 0.2) is 0 Å². The molecule has 11 heteroatoms. The van der Waals surface area contributed by atoms with Gasteiger partial charge in [-0.05, 0) is 0 Å². The summed E-state index contributed by atoms with van der Waals surface area (Å²) in [5.41, 5.74) is 0. The molecular weight excluding hydrogens is 156 g/mol. The van der Waals surface area contributed by atoms with Crippen LogP contribution in [0.4, 0.5) is 18.8 Å². The zero-order valence-electron chi connectivity index (χ0n) is 6.44. The Morgan fingerprint density at radius 1 is 0.545 bits per heavy atom. The Morgan fingerprint density at radius 2 is 0.545 bits per heavy atom. The molecule has 0 aromatic carbocycles. The van der Waals surface area contributed by atoms with Crippen LogP contribution >= 0.6 is 0 Å². The normalized spacial score (nSPS) is 2.45. The molecule has 0 saturated heterocycles. The van der Waals surface area contributed by atoms with E-state index in [-0.39, 0.29) is 75.4 Å². The van der Waals surface area contributed by atoms with E-state index < -0.39 is 7.32 Å². The van der Waals surface area contributed by atoms with E-state index in [9.17, 15) is 0 Å². The molecule has 0 rings (SSSR count). The quantitative estimate of drug-likeness (QED) is 0.260. The van der Waals surface area contributed by atoms with E-state index in [0.29, 0.717) is 0 Å². The second-order valence-corrected chi connectivity index (χ2v) is 0.289. The van der Waals surface area contributed by atoms with Crippen LogP contribution < -0.4 is 71.7 Å². The molecule has 0 unspecified atom stereocenters. The summed E-state index contributed by atoms with van der Waals surface area (Å²) >= 11 is 0. The minimum atomic E-state index is -2.92. The fraction of sp³-hybridized carbons (Fsp3) is 0. The molecule has 11 heavy (non-hydrogen) atoms. The topological polar surface area (TPSA) is 69.2 Å². The van der Waals surface area contributed by atoms with Gasteiger partial charge in [-0.15, -0.1) is 0 Å². The summed E-state index contributed by atoms with van der Waals surface area (Å²) in [6.45, 7) is 0. The third-order valence-electron chi connectivity index (χ3n) is 0. The predicted molar refractivity (Wildman–Crippen MR) is 15.8 cm³/mol. The maximum Gasteiger partial charge on any atom is 1.00 e. The third-order valence-corrected chi connectivity index (χ3v) is 0. The summed E-state index contributed by atoms with van der Waals surface area (Å²) in [6, 6.07) is 0. The van der Waals surface area contributed by atoms with Crippen LogP contribution in [0.2, 0.25) is 0 Å². The second kappa shape index (κ2) is 63.1. The standard InChI is InChI=1S/BO3.4FH.3Li/c2-1(3)4;;;;;;;/h;4*1H;;;/q-3;;;;;3*+1. The summed E-state index contributed by atoms with van der Waals surface area (Å²) < 4.78 is 0. The van der Waals surface area contributed by atoms with Crippen LogP contribution in [0.25, 0.3) is 0 Å². The van der Waals surface area contributed by atoms with E-state index in [1.165, 1.54) is 0 Å². The third kappa shape index (κ3) is 483. The van der Waals surface area contributed by atoms with Gasteiger partial charge in [0.05, 0.1) is 0 Å². The first-order valence-corrected chi connectivity index (χ1v) is 0.707. The minimum absolute atomic E-state index is 0. The first kappa shape index (κ1) is 82.3. The van der Waals surface area contributed by atoms with Crippen LogP contribution in [0, 0.1) is 0 Å². The molecule has 0 aliphatic rings. The molecule has 0 aromatic heterocycles. The Labute approximate surface area is 97.5 Å². The Bertz CT molecular complexity index is 25.3. The van der Waals surface area contributed by atoms with Crippen molar-refractivity contribution in [2.75, 3.05) is 0 Å². The van der Waals surface area contributed by atoms with E-state index in [2.05, 4.69) is 0 Å². The van der Waals surface area contributed by atoms with Gasteiger partial charge in [-0.1, -0.05) is 0 Å². The first-order chi connectivity index (χ1) is 1.73. The maximum atomic E-state index is 8.42. The molecule has 0 amide bonds. The van der Waals surface area contributed by atoms with Gasteiger partial charge in [-0.3, -0.25) is 26.1 Å². The van der Waals surface area contributed by atoms with E-state index in [4.69, 9.17) is 15.1 Å². The molecule has 0 fully saturated rings. The van der Waals surface area contributed by atoms with E-state index in [1.54, 1.807) is 0 Å². The van der Waals surface area contributed by atoms with Gasteiger partial charge in [0.15, 0.2) is 0 Å². The monoisotopic (exact) mass is 160 g/mol. The van der Waals surface area contributed by atoms with Gasteiger partial charge in [0.2, 0.25) is 0 Å². The minimum Gasteiger partial charge on any atom is -0.907 e. The van der Waals surface area contributed by atoms with Gasteiger partial charge in [0.25, 0.3) is 0 Å². The molecular formula is H4BF4Li3O3. The predicted octanol–water partition coefficient (Wildman–Crippen LogP) is -12.3. The second-order valence-electron chi connectivity index (χ2n) is 0.289. The molecule has 0 N–H and O–H groups in total. The van der Waals surface area contributed by atoms with Gasteiger partial charge < -0.3 is 15.1 Å². The zero-order chi connectivity index (χ0) is 3.58. The molecule has 0 spiro atoms. The van der Waals surface area contributed by atoms with Crippen molar-refractivity contribution in [2.45, 2.75) is 0 Å². The van der Waals surface area contributed by atoms with Gasteiger partial charge in [-0.25, -0.2) is 0 Å². The summed E-state index contributed by atoms with van der Waals surface area (Å²) in [6.07, 6.45) is 0. The Morgan fingerprint density at radius 3 is 0.545 bits per heavy atom. The molecule has 0 bridgehead atoms. The van der Waals surface area contributed by atoms with Crippen molar-refractivity contribution in [3.8, 4) is 0 Å². The van der Waals surface area contributed by atoms with Crippen LogP contribution in [0.5, 0.6) is 0 Å². The first-order valence-electron chi connectivity index (χ1n) is 0.707. The van der Waals surface area contributed by atoms with Crippen LogP contribution in [0.3, 0.4) is 0 Å². The van der Waals surface area contributed by atoms with E-state index >= 15 is 0 Å². The van der Waals surface area contributed by atoms with Crippen molar-refractivity contribution in [1.29, 1.82) is 0 Å². The van der Waals surface area contributed by atoms with Crippen molar-refractivity contribution in [2.24, 2.45) is 0 Å². The molecule has 3 nitrogen and oxygen atoms in total. The average Bonchev–Trinajstić information content (AvgIpc) is 0.811. The van der Waals surface area contributed by atoms with Crippen molar-refractivity contribution >= 4 is 7.32 Å². The zero-order valence-corrected chi connectivity index (χ0v) is 6.44. The Balaban J connectivity index is -0.00000000214. The van der Waals surface area contributed by atoms with Gasteiger partial charge in [0.1, 0.15) is 0 Å². The maximum absolute atomic E-state index is 8.42. The summed E-state index contributed by atoms with van der Waals surface area (Å²) in [7, 11) is -2.92. The number of halogens is 4. The van der Waals surface area contributed by atoms with Gasteiger partial charge in [-0.2, -0.15) is 0 Å². The Hall–Kier alpha value is 1.46. The number of rotatable bonds is 0. The van der Waals surface area contributed by atoms with Crippen molar-refractivity contribution in [3.63, 3.8) is 0 Å². The summed E-state index contributed by atoms with van der Waals surface area (Å²) in [5.74, 6) is 0. The smallest absolute Gasteiger partial charge is 0.907 e. The molecule has 56 valence electrons. The van der Waals surface area contributed by atoms with Gasteiger partial charge >= 0.3 is 56.6 Å². The molecule has 0 radical (unpaired) electrons.